The monoisotopic (exact) mass is 315 g/mol. The van der Waals surface area contributed by atoms with Gasteiger partial charge in [-0.3, -0.25) is 0 Å². The number of anilines is 1. The summed E-state index contributed by atoms with van der Waals surface area (Å²) in [6.45, 7) is 0.411. The van der Waals surface area contributed by atoms with Gasteiger partial charge in [0.25, 0.3) is 0 Å². The first-order valence-corrected chi connectivity index (χ1v) is 6.93. The van der Waals surface area contributed by atoms with Crippen LogP contribution in [0.4, 0.5) is 18.9 Å². The topological polar surface area (TPSA) is 29.9 Å². The molecule has 0 amide bonds. The molecule has 0 unspecified atom stereocenters. The highest BCUT2D eigenvalue weighted by Gasteiger charge is 2.31. The van der Waals surface area contributed by atoms with Crippen molar-refractivity contribution in [3.8, 4) is 0 Å². The first-order valence-electron chi connectivity index (χ1n) is 6.56. The number of aromatic nitrogens is 2. The number of nitrogens with zero attached hydrogens (tertiary/aromatic N) is 2. The van der Waals surface area contributed by atoms with Crippen LogP contribution < -0.4 is 5.32 Å². The van der Waals surface area contributed by atoms with Crippen molar-refractivity contribution in [3.63, 3.8) is 0 Å². The van der Waals surface area contributed by atoms with Gasteiger partial charge in [-0.15, -0.1) is 0 Å². The molecule has 1 N–H and O–H groups in total. The predicted molar refractivity (Wildman–Crippen MR) is 74.3 cm³/mol. The summed E-state index contributed by atoms with van der Waals surface area (Å²) in [6, 6.07) is 3.94. The minimum absolute atomic E-state index is 0.0584. The van der Waals surface area contributed by atoms with Crippen LogP contribution in [0.3, 0.4) is 0 Å². The second-order valence-electron chi connectivity index (χ2n) is 5.10. The Balaban J connectivity index is 1.75. The molecule has 7 heteroatoms. The summed E-state index contributed by atoms with van der Waals surface area (Å²) in [5.41, 5.74) is 0.539. The van der Waals surface area contributed by atoms with Crippen LogP contribution in [0.5, 0.6) is 0 Å². The lowest BCUT2D eigenvalue weighted by atomic mass is 10.2. The van der Waals surface area contributed by atoms with Crippen LogP contribution in [0, 0.1) is 0 Å². The van der Waals surface area contributed by atoms with Crippen LogP contribution >= 0.6 is 11.6 Å². The van der Waals surface area contributed by atoms with Crippen LogP contribution in [-0.2, 0) is 12.7 Å². The van der Waals surface area contributed by atoms with Crippen molar-refractivity contribution in [1.82, 2.24) is 9.55 Å². The van der Waals surface area contributed by atoms with Crippen LogP contribution in [0.2, 0.25) is 5.02 Å². The molecule has 1 aliphatic carbocycles. The SMILES string of the molecule is FC(F)(F)c1cc(Cl)cc(NCc2cncn2C2CC2)c1. The van der Waals surface area contributed by atoms with Gasteiger partial charge in [-0.2, -0.15) is 13.2 Å². The van der Waals surface area contributed by atoms with Crippen LogP contribution in [-0.4, -0.2) is 9.55 Å². The highest BCUT2D eigenvalue weighted by molar-refractivity contribution is 6.30. The van der Waals surface area contributed by atoms with Gasteiger partial charge in [0.05, 0.1) is 24.1 Å². The van der Waals surface area contributed by atoms with E-state index in [2.05, 4.69) is 14.9 Å². The molecule has 0 spiro atoms. The lowest BCUT2D eigenvalue weighted by molar-refractivity contribution is -0.137. The Bertz CT molecular complexity index is 647. The Hall–Kier alpha value is -1.69. The Kier molecular flexibility index (Phi) is 3.57. The van der Waals surface area contributed by atoms with Crippen molar-refractivity contribution >= 4 is 17.3 Å². The van der Waals surface area contributed by atoms with E-state index in [1.807, 2.05) is 0 Å². The van der Waals surface area contributed by atoms with Crippen molar-refractivity contribution < 1.29 is 13.2 Å². The number of imidazole rings is 1. The second kappa shape index (κ2) is 5.26. The Labute approximate surface area is 124 Å². The van der Waals surface area contributed by atoms with Gasteiger partial charge in [-0.1, -0.05) is 11.6 Å². The van der Waals surface area contributed by atoms with Crippen molar-refractivity contribution in [2.24, 2.45) is 0 Å². The van der Waals surface area contributed by atoms with E-state index < -0.39 is 11.7 Å². The summed E-state index contributed by atoms with van der Waals surface area (Å²) in [7, 11) is 0. The lowest BCUT2D eigenvalue weighted by Gasteiger charge is -2.12. The average molecular weight is 316 g/mol. The van der Waals surface area contributed by atoms with Gasteiger partial charge in [-0.05, 0) is 31.0 Å². The molecule has 0 atom stereocenters. The lowest BCUT2D eigenvalue weighted by Crippen LogP contribution is -2.08. The van der Waals surface area contributed by atoms with Crippen LogP contribution in [0.15, 0.2) is 30.7 Å². The summed E-state index contributed by atoms with van der Waals surface area (Å²) in [4.78, 5) is 4.09. The molecule has 0 aliphatic heterocycles. The molecule has 112 valence electrons. The minimum atomic E-state index is -4.41. The molecular formula is C14H13ClF3N3. The molecule has 2 aromatic rings. The molecule has 1 fully saturated rings. The third-order valence-electron chi connectivity index (χ3n) is 3.39. The standard InChI is InChI=1S/C14H13ClF3N3/c15-10-3-9(14(16,17)18)4-11(5-10)20-7-13-6-19-8-21(13)12-1-2-12/h3-6,8,12,20H,1-2,7H2. The van der Waals surface area contributed by atoms with Gasteiger partial charge >= 0.3 is 6.18 Å². The molecule has 21 heavy (non-hydrogen) atoms. The molecule has 0 radical (unpaired) electrons. The van der Waals surface area contributed by atoms with Crippen LogP contribution in [0.25, 0.3) is 0 Å². The van der Waals surface area contributed by atoms with Gasteiger partial charge in [0.15, 0.2) is 0 Å². The van der Waals surface area contributed by atoms with Gasteiger partial charge in [0, 0.05) is 22.9 Å². The summed E-state index contributed by atoms with van der Waals surface area (Å²) >= 11 is 5.75. The van der Waals surface area contributed by atoms with E-state index in [-0.39, 0.29) is 5.02 Å². The first kappa shape index (κ1) is 14.3. The van der Waals surface area contributed by atoms with E-state index in [1.54, 1.807) is 12.5 Å². The third kappa shape index (κ3) is 3.32. The van der Waals surface area contributed by atoms with Gasteiger partial charge in [0.1, 0.15) is 0 Å². The molecule has 3 nitrogen and oxygen atoms in total. The van der Waals surface area contributed by atoms with E-state index in [4.69, 9.17) is 11.6 Å². The summed E-state index contributed by atoms with van der Waals surface area (Å²) in [6.07, 6.45) is 1.32. The molecule has 1 aromatic carbocycles. The molecule has 1 aliphatic rings. The average Bonchev–Trinajstić information content (AvgIpc) is 3.14. The fraction of sp³-hybridized carbons (Fsp3) is 0.357. The number of benzene rings is 1. The predicted octanol–water partition coefficient (Wildman–Crippen LogP) is 4.50. The van der Waals surface area contributed by atoms with Crippen LogP contribution in [0.1, 0.15) is 30.1 Å². The zero-order valence-electron chi connectivity index (χ0n) is 11.0. The number of halogens is 4. The maximum Gasteiger partial charge on any atom is 0.416 e. The molecule has 3 rings (SSSR count). The normalized spacial score (nSPS) is 15.2. The summed E-state index contributed by atoms with van der Waals surface area (Å²) in [5, 5.41) is 3.04. The number of hydrogen-bond acceptors (Lipinski definition) is 2. The Morgan fingerprint density at radius 3 is 2.71 bits per heavy atom. The Morgan fingerprint density at radius 2 is 2.05 bits per heavy atom. The highest BCUT2D eigenvalue weighted by Crippen LogP contribution is 2.36. The van der Waals surface area contributed by atoms with Gasteiger partial charge in [0.2, 0.25) is 0 Å². The van der Waals surface area contributed by atoms with E-state index in [0.29, 0.717) is 18.3 Å². The maximum atomic E-state index is 12.7. The van der Waals surface area contributed by atoms with Crippen molar-refractivity contribution in [3.05, 3.63) is 47.0 Å². The number of nitrogens with one attached hydrogen (secondary N) is 1. The smallest absolute Gasteiger partial charge is 0.379 e. The number of hydrogen-bond donors (Lipinski definition) is 1. The molecule has 0 saturated heterocycles. The molecule has 1 saturated carbocycles. The van der Waals surface area contributed by atoms with Gasteiger partial charge < -0.3 is 9.88 Å². The fourth-order valence-corrected chi connectivity index (χ4v) is 2.43. The zero-order valence-corrected chi connectivity index (χ0v) is 11.7. The van der Waals surface area contributed by atoms with E-state index in [0.717, 1.165) is 30.7 Å². The Morgan fingerprint density at radius 1 is 1.29 bits per heavy atom. The highest BCUT2D eigenvalue weighted by atomic mass is 35.5. The van der Waals surface area contributed by atoms with E-state index in [9.17, 15) is 13.2 Å². The fourth-order valence-electron chi connectivity index (χ4n) is 2.20. The molecule has 1 aromatic heterocycles. The van der Waals surface area contributed by atoms with Gasteiger partial charge in [-0.25, -0.2) is 4.98 Å². The number of rotatable bonds is 4. The summed E-state index contributed by atoms with van der Waals surface area (Å²) < 4.78 is 40.3. The first-order chi connectivity index (χ1) is 9.93. The van der Waals surface area contributed by atoms with Crippen molar-refractivity contribution in [2.75, 3.05) is 5.32 Å². The number of alkyl halides is 3. The van der Waals surface area contributed by atoms with E-state index >= 15 is 0 Å². The maximum absolute atomic E-state index is 12.7. The zero-order chi connectivity index (χ0) is 15.0. The largest absolute Gasteiger partial charge is 0.416 e. The molecule has 0 bridgehead atoms. The van der Waals surface area contributed by atoms with E-state index in [1.165, 1.54) is 6.07 Å². The quantitative estimate of drug-likeness (QED) is 0.900. The molecule has 1 heterocycles. The molecular weight excluding hydrogens is 303 g/mol. The minimum Gasteiger partial charge on any atom is -0.379 e. The van der Waals surface area contributed by atoms with Crippen molar-refractivity contribution in [1.29, 1.82) is 0 Å². The second-order valence-corrected chi connectivity index (χ2v) is 5.54. The van der Waals surface area contributed by atoms with Crippen molar-refractivity contribution in [2.45, 2.75) is 31.6 Å². The third-order valence-corrected chi connectivity index (χ3v) is 3.60. The summed E-state index contributed by atoms with van der Waals surface area (Å²) in [5.74, 6) is 0.